The topological polar surface area (TPSA) is 12.0 Å². The van der Waals surface area contributed by atoms with Gasteiger partial charge < -0.3 is 5.32 Å². The van der Waals surface area contributed by atoms with Gasteiger partial charge in [0.15, 0.2) is 0 Å². The molecule has 0 heterocycles. The average Bonchev–Trinajstić information content (AvgIpc) is 2.78. The van der Waals surface area contributed by atoms with Gasteiger partial charge in [0.1, 0.15) is 0 Å². The lowest BCUT2D eigenvalue weighted by molar-refractivity contribution is 0.661. The molecule has 24 heavy (non-hydrogen) atoms. The molecule has 0 saturated heterocycles. The Kier molecular flexibility index (Phi) is 5.68. The van der Waals surface area contributed by atoms with Crippen LogP contribution in [0.5, 0.6) is 0 Å². The van der Waals surface area contributed by atoms with E-state index in [9.17, 15) is 0 Å². The van der Waals surface area contributed by atoms with E-state index in [1.54, 1.807) is 6.20 Å². The molecule has 0 atom stereocenters. The molecule has 0 aliphatic heterocycles. The van der Waals surface area contributed by atoms with Gasteiger partial charge in [-0.05, 0) is 53.3 Å². The molecule has 2 aromatic carbocycles. The normalized spacial score (nSPS) is 12.1. The van der Waals surface area contributed by atoms with Crippen LogP contribution in [0.3, 0.4) is 0 Å². The smallest absolute Gasteiger partial charge is 0.0141 e. The van der Waals surface area contributed by atoms with Crippen LogP contribution in [0.25, 0.3) is 17.7 Å². The molecule has 0 spiro atoms. The van der Waals surface area contributed by atoms with Gasteiger partial charge in [-0.2, -0.15) is 0 Å². The third-order valence-electron chi connectivity index (χ3n) is 4.46. The standard InChI is InChI=1S/C23H25N/c1-2-24-18-10-4-3-5-15-23-21-13-8-6-11-19(21)16-17-20-12-7-9-14-22(20)23/h2,6-9,11-17,24H,1,3-5,10,18H2. The highest BCUT2D eigenvalue weighted by molar-refractivity contribution is 5.93. The van der Waals surface area contributed by atoms with Gasteiger partial charge in [-0.3, -0.25) is 0 Å². The predicted octanol–water partition coefficient (Wildman–Crippen LogP) is 5.90. The number of fused-ring (bicyclic) bond motifs is 2. The van der Waals surface area contributed by atoms with Crippen LogP contribution in [0.4, 0.5) is 0 Å². The van der Waals surface area contributed by atoms with E-state index in [1.165, 1.54) is 47.1 Å². The Labute approximate surface area is 145 Å². The molecule has 1 nitrogen and oxygen atoms in total. The maximum absolute atomic E-state index is 3.68. The molecule has 0 amide bonds. The minimum Gasteiger partial charge on any atom is -0.391 e. The molecular formula is C23H25N. The molecule has 0 fully saturated rings. The second kappa shape index (κ2) is 8.35. The van der Waals surface area contributed by atoms with Crippen LogP contribution in [0.1, 0.15) is 47.9 Å². The summed E-state index contributed by atoms with van der Waals surface area (Å²) in [6.45, 7) is 4.70. The summed E-state index contributed by atoms with van der Waals surface area (Å²) in [5.41, 5.74) is 6.65. The highest BCUT2D eigenvalue weighted by Crippen LogP contribution is 2.34. The van der Waals surface area contributed by atoms with Crippen LogP contribution in [-0.4, -0.2) is 6.54 Å². The summed E-state index contributed by atoms with van der Waals surface area (Å²) >= 11 is 0. The van der Waals surface area contributed by atoms with Crippen molar-refractivity contribution < 1.29 is 0 Å². The van der Waals surface area contributed by atoms with Crippen molar-refractivity contribution in [3.63, 3.8) is 0 Å². The van der Waals surface area contributed by atoms with Crippen LogP contribution in [0, 0.1) is 0 Å². The summed E-state index contributed by atoms with van der Waals surface area (Å²) in [6, 6.07) is 17.4. The van der Waals surface area contributed by atoms with E-state index in [-0.39, 0.29) is 0 Å². The van der Waals surface area contributed by atoms with Gasteiger partial charge in [0.25, 0.3) is 0 Å². The summed E-state index contributed by atoms with van der Waals surface area (Å²) in [5.74, 6) is 0. The Balaban J connectivity index is 1.79. The monoisotopic (exact) mass is 315 g/mol. The molecule has 0 bridgehead atoms. The number of rotatable bonds is 7. The van der Waals surface area contributed by atoms with Gasteiger partial charge in [0.2, 0.25) is 0 Å². The third kappa shape index (κ3) is 3.86. The lowest BCUT2D eigenvalue weighted by Gasteiger charge is -2.12. The van der Waals surface area contributed by atoms with Crippen molar-refractivity contribution in [1.29, 1.82) is 0 Å². The Morgan fingerprint density at radius 3 is 2.04 bits per heavy atom. The fourth-order valence-corrected chi connectivity index (χ4v) is 3.22. The van der Waals surface area contributed by atoms with Crippen LogP contribution in [0.2, 0.25) is 0 Å². The van der Waals surface area contributed by atoms with E-state index in [1.807, 2.05) is 0 Å². The molecule has 0 radical (unpaired) electrons. The molecule has 1 aliphatic rings. The fraction of sp³-hybridized carbons (Fsp3) is 0.217. The molecular weight excluding hydrogens is 290 g/mol. The van der Waals surface area contributed by atoms with E-state index >= 15 is 0 Å². The lowest BCUT2D eigenvalue weighted by Crippen LogP contribution is -2.05. The first-order valence-corrected chi connectivity index (χ1v) is 8.81. The maximum atomic E-state index is 3.68. The van der Waals surface area contributed by atoms with E-state index in [0.717, 1.165) is 13.0 Å². The molecule has 2 aromatic rings. The van der Waals surface area contributed by atoms with Crippen LogP contribution < -0.4 is 5.32 Å². The van der Waals surface area contributed by atoms with Crippen molar-refractivity contribution in [3.05, 3.63) is 89.6 Å². The molecule has 0 aromatic heterocycles. The zero-order valence-electron chi connectivity index (χ0n) is 14.2. The zero-order valence-corrected chi connectivity index (χ0v) is 14.2. The first-order chi connectivity index (χ1) is 11.9. The predicted molar refractivity (Wildman–Crippen MR) is 106 cm³/mol. The minimum absolute atomic E-state index is 1.02. The van der Waals surface area contributed by atoms with Gasteiger partial charge in [-0.15, -0.1) is 0 Å². The Morgan fingerprint density at radius 2 is 1.42 bits per heavy atom. The molecule has 0 saturated carbocycles. The largest absolute Gasteiger partial charge is 0.391 e. The average molecular weight is 315 g/mol. The quantitative estimate of drug-likeness (QED) is 0.536. The number of hydrogen-bond donors (Lipinski definition) is 1. The number of benzene rings is 2. The number of nitrogens with one attached hydrogen (secondary N) is 1. The summed E-state index contributed by atoms with van der Waals surface area (Å²) in [6.07, 6.45) is 13.4. The number of allylic oxidation sites excluding steroid dienone is 1. The van der Waals surface area contributed by atoms with Crippen molar-refractivity contribution in [2.24, 2.45) is 0 Å². The first kappa shape index (κ1) is 16.3. The highest BCUT2D eigenvalue weighted by Gasteiger charge is 2.13. The SMILES string of the molecule is C=CNCCCCCC=C1c2ccccc2C=Cc2ccccc21. The van der Waals surface area contributed by atoms with E-state index in [2.05, 4.69) is 78.7 Å². The van der Waals surface area contributed by atoms with Gasteiger partial charge in [0.05, 0.1) is 0 Å². The molecule has 0 unspecified atom stereocenters. The van der Waals surface area contributed by atoms with Gasteiger partial charge in [-0.25, -0.2) is 0 Å². The second-order valence-corrected chi connectivity index (χ2v) is 6.13. The zero-order chi connectivity index (χ0) is 16.6. The van der Waals surface area contributed by atoms with E-state index in [0.29, 0.717) is 0 Å². The van der Waals surface area contributed by atoms with Gasteiger partial charge in [0, 0.05) is 6.54 Å². The third-order valence-corrected chi connectivity index (χ3v) is 4.46. The van der Waals surface area contributed by atoms with Crippen LogP contribution in [-0.2, 0) is 0 Å². The maximum Gasteiger partial charge on any atom is 0.0141 e. The second-order valence-electron chi connectivity index (χ2n) is 6.13. The first-order valence-electron chi connectivity index (χ1n) is 8.81. The molecule has 1 heteroatoms. The van der Waals surface area contributed by atoms with E-state index < -0.39 is 0 Å². The van der Waals surface area contributed by atoms with Crippen molar-refractivity contribution in [2.45, 2.75) is 25.7 Å². The summed E-state index contributed by atoms with van der Waals surface area (Å²) in [7, 11) is 0. The molecule has 1 N–H and O–H groups in total. The summed E-state index contributed by atoms with van der Waals surface area (Å²) in [4.78, 5) is 0. The Hall–Kier alpha value is -2.54. The van der Waals surface area contributed by atoms with Gasteiger partial charge in [-0.1, -0.05) is 79.8 Å². The highest BCUT2D eigenvalue weighted by atomic mass is 14.8. The number of unbranched alkanes of at least 4 members (excludes halogenated alkanes) is 3. The minimum atomic E-state index is 1.02. The van der Waals surface area contributed by atoms with Crippen LogP contribution >= 0.6 is 0 Å². The van der Waals surface area contributed by atoms with Crippen molar-refractivity contribution in [3.8, 4) is 0 Å². The lowest BCUT2D eigenvalue weighted by atomic mass is 9.92. The molecule has 3 rings (SSSR count). The van der Waals surface area contributed by atoms with Crippen molar-refractivity contribution >= 4 is 17.7 Å². The van der Waals surface area contributed by atoms with Crippen LogP contribution in [0.15, 0.2) is 67.4 Å². The number of hydrogen-bond acceptors (Lipinski definition) is 1. The van der Waals surface area contributed by atoms with Crippen molar-refractivity contribution in [1.82, 2.24) is 5.32 Å². The van der Waals surface area contributed by atoms with Crippen molar-refractivity contribution in [2.75, 3.05) is 6.54 Å². The summed E-state index contributed by atoms with van der Waals surface area (Å²) < 4.78 is 0. The fourth-order valence-electron chi connectivity index (χ4n) is 3.22. The van der Waals surface area contributed by atoms with Gasteiger partial charge >= 0.3 is 0 Å². The Bertz CT molecular complexity index is 701. The Morgan fingerprint density at radius 1 is 0.792 bits per heavy atom. The molecule has 1 aliphatic carbocycles. The summed E-state index contributed by atoms with van der Waals surface area (Å²) in [5, 5.41) is 3.16. The molecule has 122 valence electrons. The van der Waals surface area contributed by atoms with E-state index in [4.69, 9.17) is 0 Å².